The molecule has 2 N–H and O–H groups in total. The van der Waals surface area contributed by atoms with E-state index in [-0.39, 0.29) is 11.3 Å². The highest BCUT2D eigenvalue weighted by atomic mass is 16.5. The third kappa shape index (κ3) is 1.85. The number of carbonyl (C=O) groups is 1. The number of H-pyrrole nitrogens is 1. The van der Waals surface area contributed by atoms with E-state index in [0.717, 1.165) is 37.0 Å². The SMILES string of the molecule is O=C(O)c1cc(OC23CC4CC(CC(C4)C2)C3)c[nH]1. The van der Waals surface area contributed by atoms with E-state index in [2.05, 4.69) is 4.98 Å². The second-order valence-electron chi connectivity index (χ2n) is 6.76. The Bertz CT molecular complexity index is 484. The van der Waals surface area contributed by atoms with Crippen LogP contribution in [0, 0.1) is 17.8 Å². The van der Waals surface area contributed by atoms with Crippen molar-refractivity contribution < 1.29 is 14.6 Å². The van der Waals surface area contributed by atoms with E-state index in [1.165, 1.54) is 19.3 Å². The summed E-state index contributed by atoms with van der Waals surface area (Å²) < 4.78 is 6.25. The zero-order valence-electron chi connectivity index (χ0n) is 10.9. The van der Waals surface area contributed by atoms with Crippen molar-refractivity contribution in [3.05, 3.63) is 18.0 Å². The maximum absolute atomic E-state index is 10.9. The number of rotatable bonds is 3. The van der Waals surface area contributed by atoms with Crippen LogP contribution in [-0.4, -0.2) is 21.7 Å². The molecule has 0 atom stereocenters. The number of aromatic carboxylic acids is 1. The van der Waals surface area contributed by atoms with Gasteiger partial charge in [0, 0.05) is 12.3 Å². The maximum Gasteiger partial charge on any atom is 0.352 e. The summed E-state index contributed by atoms with van der Waals surface area (Å²) >= 11 is 0. The molecule has 19 heavy (non-hydrogen) atoms. The second-order valence-corrected chi connectivity index (χ2v) is 6.76. The standard InChI is InChI=1S/C15H19NO3/c17-14(18)13-4-12(8-16-13)19-15-5-9-1-10(6-15)3-11(2-9)7-15/h4,8-11,16H,1-3,5-7H2,(H,17,18). The lowest BCUT2D eigenvalue weighted by atomic mass is 9.54. The first kappa shape index (κ1) is 11.4. The molecule has 4 heteroatoms. The van der Waals surface area contributed by atoms with E-state index in [1.807, 2.05) is 0 Å². The van der Waals surface area contributed by atoms with Crippen molar-refractivity contribution in [3.63, 3.8) is 0 Å². The van der Waals surface area contributed by atoms with Crippen molar-refractivity contribution in [2.24, 2.45) is 17.8 Å². The average molecular weight is 261 g/mol. The minimum atomic E-state index is -0.930. The van der Waals surface area contributed by atoms with Crippen molar-refractivity contribution in [2.75, 3.05) is 0 Å². The third-order valence-corrected chi connectivity index (χ3v) is 5.20. The lowest BCUT2D eigenvalue weighted by molar-refractivity contribution is -0.107. The maximum atomic E-state index is 10.9. The van der Waals surface area contributed by atoms with Crippen LogP contribution >= 0.6 is 0 Å². The summed E-state index contributed by atoms with van der Waals surface area (Å²) in [5.74, 6) is 2.28. The number of aromatic amines is 1. The molecule has 1 heterocycles. The van der Waals surface area contributed by atoms with Gasteiger partial charge in [0.2, 0.25) is 0 Å². The zero-order chi connectivity index (χ0) is 13.0. The van der Waals surface area contributed by atoms with E-state index in [0.29, 0.717) is 5.75 Å². The molecule has 5 rings (SSSR count). The van der Waals surface area contributed by atoms with Gasteiger partial charge >= 0.3 is 5.97 Å². The Morgan fingerprint density at radius 3 is 2.26 bits per heavy atom. The third-order valence-electron chi connectivity index (χ3n) is 5.20. The molecule has 102 valence electrons. The highest BCUT2D eigenvalue weighted by Gasteiger charge is 2.52. The average Bonchev–Trinajstić information content (AvgIpc) is 2.74. The molecule has 0 radical (unpaired) electrons. The molecule has 0 aromatic carbocycles. The van der Waals surface area contributed by atoms with Crippen LogP contribution < -0.4 is 4.74 Å². The van der Waals surface area contributed by atoms with Crippen LogP contribution in [0.15, 0.2) is 12.3 Å². The highest BCUT2D eigenvalue weighted by molar-refractivity contribution is 5.86. The number of ether oxygens (including phenoxy) is 1. The van der Waals surface area contributed by atoms with E-state index < -0.39 is 5.97 Å². The number of carboxylic acid groups (broad SMARTS) is 1. The van der Waals surface area contributed by atoms with E-state index in [9.17, 15) is 4.79 Å². The number of nitrogens with one attached hydrogen (secondary N) is 1. The molecule has 4 aliphatic rings. The first-order valence-corrected chi connectivity index (χ1v) is 7.23. The normalized spacial score (nSPS) is 39.5. The molecule has 0 saturated heterocycles. The van der Waals surface area contributed by atoms with Crippen LogP contribution in [-0.2, 0) is 0 Å². The van der Waals surface area contributed by atoms with Crippen LogP contribution in [0.2, 0.25) is 0 Å². The Morgan fingerprint density at radius 1 is 1.21 bits per heavy atom. The van der Waals surface area contributed by atoms with Gasteiger partial charge in [-0.25, -0.2) is 4.79 Å². The molecule has 1 aromatic heterocycles. The minimum Gasteiger partial charge on any atom is -0.486 e. The largest absolute Gasteiger partial charge is 0.486 e. The van der Waals surface area contributed by atoms with Gasteiger partial charge < -0.3 is 14.8 Å². The second kappa shape index (κ2) is 3.78. The van der Waals surface area contributed by atoms with Gasteiger partial charge in [-0.2, -0.15) is 0 Å². The molecule has 0 unspecified atom stereocenters. The molecule has 0 amide bonds. The first-order valence-electron chi connectivity index (χ1n) is 7.23. The Morgan fingerprint density at radius 2 is 1.79 bits per heavy atom. The Balaban J connectivity index is 1.57. The molecular weight excluding hydrogens is 242 g/mol. The number of aromatic nitrogens is 1. The number of carboxylic acids is 1. The highest BCUT2D eigenvalue weighted by Crippen LogP contribution is 2.57. The molecule has 4 aliphatic carbocycles. The van der Waals surface area contributed by atoms with Gasteiger partial charge in [0.15, 0.2) is 0 Å². The summed E-state index contributed by atoms with van der Waals surface area (Å²) in [6.07, 6.45) is 9.32. The summed E-state index contributed by atoms with van der Waals surface area (Å²) in [6, 6.07) is 1.61. The van der Waals surface area contributed by atoms with Crippen LogP contribution in [0.1, 0.15) is 49.0 Å². The van der Waals surface area contributed by atoms with Gasteiger partial charge in [0.05, 0.1) is 0 Å². The quantitative estimate of drug-likeness (QED) is 0.879. The molecular formula is C15H19NO3. The summed E-state index contributed by atoms with van der Waals surface area (Å²) in [4.78, 5) is 13.7. The summed E-state index contributed by atoms with van der Waals surface area (Å²) in [6.45, 7) is 0. The van der Waals surface area contributed by atoms with Crippen molar-refractivity contribution in [2.45, 2.75) is 44.1 Å². The smallest absolute Gasteiger partial charge is 0.352 e. The first-order chi connectivity index (χ1) is 9.12. The monoisotopic (exact) mass is 261 g/mol. The molecule has 4 saturated carbocycles. The van der Waals surface area contributed by atoms with Gasteiger partial charge in [0.25, 0.3) is 0 Å². The fraction of sp³-hybridized carbons (Fsp3) is 0.667. The molecule has 4 fully saturated rings. The minimum absolute atomic E-state index is 0.00723. The fourth-order valence-corrected chi connectivity index (χ4v) is 4.96. The molecule has 4 bridgehead atoms. The predicted octanol–water partition coefficient (Wildman–Crippen LogP) is 3.06. The van der Waals surface area contributed by atoms with E-state index in [4.69, 9.17) is 9.84 Å². The molecule has 1 aromatic rings. The number of hydrogen-bond donors (Lipinski definition) is 2. The number of hydrogen-bond acceptors (Lipinski definition) is 2. The van der Waals surface area contributed by atoms with Crippen molar-refractivity contribution >= 4 is 5.97 Å². The fourth-order valence-electron chi connectivity index (χ4n) is 4.96. The Hall–Kier alpha value is -1.45. The van der Waals surface area contributed by atoms with Gasteiger partial charge in [-0.05, 0) is 56.3 Å². The molecule has 0 spiro atoms. The lowest BCUT2D eigenvalue weighted by Crippen LogP contribution is -2.53. The van der Waals surface area contributed by atoms with Crippen molar-refractivity contribution in [1.82, 2.24) is 4.98 Å². The predicted molar refractivity (Wildman–Crippen MR) is 69.3 cm³/mol. The van der Waals surface area contributed by atoms with Crippen molar-refractivity contribution in [1.29, 1.82) is 0 Å². The molecule has 4 nitrogen and oxygen atoms in total. The van der Waals surface area contributed by atoms with Crippen LogP contribution in [0.5, 0.6) is 5.75 Å². The summed E-state index contributed by atoms with van der Waals surface area (Å²) in [5, 5.41) is 8.94. The van der Waals surface area contributed by atoms with Crippen LogP contribution in [0.4, 0.5) is 0 Å². The van der Waals surface area contributed by atoms with Crippen LogP contribution in [0.3, 0.4) is 0 Å². The van der Waals surface area contributed by atoms with E-state index >= 15 is 0 Å². The lowest BCUT2D eigenvalue weighted by Gasteiger charge is -2.56. The van der Waals surface area contributed by atoms with Gasteiger partial charge in [-0.3, -0.25) is 0 Å². The summed E-state index contributed by atoms with van der Waals surface area (Å²) in [5.41, 5.74) is 0.201. The van der Waals surface area contributed by atoms with Crippen LogP contribution in [0.25, 0.3) is 0 Å². The zero-order valence-corrected chi connectivity index (χ0v) is 10.9. The Kier molecular flexibility index (Phi) is 2.26. The van der Waals surface area contributed by atoms with Crippen molar-refractivity contribution in [3.8, 4) is 5.75 Å². The summed E-state index contributed by atoms with van der Waals surface area (Å²) in [7, 11) is 0. The van der Waals surface area contributed by atoms with E-state index in [1.54, 1.807) is 12.3 Å². The van der Waals surface area contributed by atoms with Gasteiger partial charge in [-0.15, -0.1) is 0 Å². The Labute approximate surface area is 112 Å². The van der Waals surface area contributed by atoms with Gasteiger partial charge in [-0.1, -0.05) is 0 Å². The molecule has 0 aliphatic heterocycles. The van der Waals surface area contributed by atoms with Gasteiger partial charge in [0.1, 0.15) is 17.0 Å². The topological polar surface area (TPSA) is 62.3 Å².